The molecule has 4 nitrogen and oxygen atoms in total. The molecule has 1 atom stereocenters. The monoisotopic (exact) mass is 314 g/mol. The second kappa shape index (κ2) is 6.02. The molecule has 1 fully saturated rings. The lowest BCUT2D eigenvalue weighted by atomic mass is 9.94. The van der Waals surface area contributed by atoms with Gasteiger partial charge >= 0.3 is 6.18 Å². The number of aromatic nitrogens is 2. The van der Waals surface area contributed by atoms with Crippen molar-refractivity contribution < 1.29 is 13.2 Å². The number of alkyl halides is 3. The summed E-state index contributed by atoms with van der Waals surface area (Å²) < 4.78 is 40.0. The predicted octanol–water partition coefficient (Wildman–Crippen LogP) is 2.69. The highest BCUT2D eigenvalue weighted by atomic mass is 19.4. The zero-order chi connectivity index (χ0) is 15.7. The van der Waals surface area contributed by atoms with Crippen LogP contribution in [0.4, 0.5) is 19.1 Å². The van der Waals surface area contributed by atoms with E-state index in [0.717, 1.165) is 32.1 Å². The predicted molar refractivity (Wildman–Crippen MR) is 77.7 cm³/mol. The maximum absolute atomic E-state index is 13.3. The smallest absolute Gasteiger partial charge is 0.341 e. The van der Waals surface area contributed by atoms with E-state index in [0.29, 0.717) is 37.2 Å². The first kappa shape index (κ1) is 15.5. The quantitative estimate of drug-likeness (QED) is 0.866. The van der Waals surface area contributed by atoms with Crippen molar-refractivity contribution >= 4 is 5.95 Å². The van der Waals surface area contributed by atoms with Gasteiger partial charge in [-0.05, 0) is 44.9 Å². The lowest BCUT2D eigenvalue weighted by molar-refractivity contribution is -0.142. The van der Waals surface area contributed by atoms with E-state index in [1.807, 2.05) is 4.90 Å². The van der Waals surface area contributed by atoms with Gasteiger partial charge in [0, 0.05) is 30.4 Å². The fourth-order valence-electron chi connectivity index (χ4n) is 3.28. The van der Waals surface area contributed by atoms with E-state index in [1.165, 1.54) is 0 Å². The van der Waals surface area contributed by atoms with E-state index in [-0.39, 0.29) is 12.0 Å². The first-order valence-corrected chi connectivity index (χ1v) is 7.92. The third-order valence-corrected chi connectivity index (χ3v) is 4.50. The van der Waals surface area contributed by atoms with Gasteiger partial charge in [0.05, 0.1) is 0 Å². The molecule has 1 aliphatic carbocycles. The van der Waals surface area contributed by atoms with Crippen LogP contribution >= 0.6 is 0 Å². The van der Waals surface area contributed by atoms with Gasteiger partial charge in [-0.15, -0.1) is 0 Å². The van der Waals surface area contributed by atoms with Crippen LogP contribution in [0.15, 0.2) is 0 Å². The van der Waals surface area contributed by atoms with E-state index in [9.17, 15) is 13.2 Å². The number of nitrogens with two attached hydrogens (primary N) is 1. The van der Waals surface area contributed by atoms with Crippen LogP contribution in [0.1, 0.15) is 49.1 Å². The van der Waals surface area contributed by atoms with Crippen molar-refractivity contribution in [1.29, 1.82) is 0 Å². The normalized spacial score (nSPS) is 23.1. The largest absolute Gasteiger partial charge is 0.433 e. The maximum Gasteiger partial charge on any atom is 0.433 e. The number of nitrogens with zero attached hydrogens (tertiary/aromatic N) is 3. The Bertz CT molecular complexity index is 544. The number of anilines is 1. The van der Waals surface area contributed by atoms with Crippen LogP contribution in [-0.2, 0) is 19.0 Å². The van der Waals surface area contributed by atoms with Crippen LogP contribution in [0.5, 0.6) is 0 Å². The first-order valence-electron chi connectivity index (χ1n) is 7.92. The van der Waals surface area contributed by atoms with Gasteiger partial charge in [-0.1, -0.05) is 0 Å². The van der Waals surface area contributed by atoms with Crippen LogP contribution in [-0.4, -0.2) is 29.1 Å². The fourth-order valence-corrected chi connectivity index (χ4v) is 3.28. The van der Waals surface area contributed by atoms with E-state index >= 15 is 0 Å². The number of hydrogen-bond acceptors (Lipinski definition) is 4. The van der Waals surface area contributed by atoms with Gasteiger partial charge < -0.3 is 10.6 Å². The minimum absolute atomic E-state index is 0.115. The standard InChI is InChI=1S/C15H21F3N4/c16-15(17,18)13-11-5-1-2-6-12(11)20-14(21-13)22-8-3-4-10(19)7-9-22/h10H,1-9,19H2. The molecule has 2 N–H and O–H groups in total. The van der Waals surface area contributed by atoms with Crippen LogP contribution in [0.2, 0.25) is 0 Å². The van der Waals surface area contributed by atoms with Gasteiger partial charge in [-0.25, -0.2) is 9.97 Å². The van der Waals surface area contributed by atoms with Crippen molar-refractivity contribution in [3.63, 3.8) is 0 Å². The molecule has 0 bridgehead atoms. The van der Waals surface area contributed by atoms with Gasteiger partial charge in [0.2, 0.25) is 5.95 Å². The molecule has 2 aliphatic rings. The summed E-state index contributed by atoms with van der Waals surface area (Å²) in [6.07, 6.45) is 0.819. The Kier molecular flexibility index (Phi) is 4.25. The van der Waals surface area contributed by atoms with Crippen LogP contribution < -0.4 is 10.6 Å². The molecule has 3 rings (SSSR count). The van der Waals surface area contributed by atoms with Crippen LogP contribution in [0, 0.1) is 0 Å². The SMILES string of the molecule is NC1CCCN(c2nc3c(c(C(F)(F)F)n2)CCCC3)CC1. The summed E-state index contributed by atoms with van der Waals surface area (Å²) in [4.78, 5) is 10.2. The molecule has 1 aromatic heterocycles. The summed E-state index contributed by atoms with van der Waals surface area (Å²) in [6.45, 7) is 1.29. The lowest BCUT2D eigenvalue weighted by Gasteiger charge is -2.25. The fraction of sp³-hybridized carbons (Fsp3) is 0.733. The first-order chi connectivity index (χ1) is 10.4. The molecule has 1 saturated heterocycles. The highest BCUT2D eigenvalue weighted by molar-refractivity contribution is 5.39. The molecule has 1 aromatic rings. The van der Waals surface area contributed by atoms with Crippen molar-refractivity contribution in [2.45, 2.75) is 57.2 Å². The Balaban J connectivity index is 1.98. The third kappa shape index (κ3) is 3.19. The molecule has 1 unspecified atom stereocenters. The Hall–Kier alpha value is -1.37. The Morgan fingerprint density at radius 2 is 1.77 bits per heavy atom. The van der Waals surface area contributed by atoms with Crippen LogP contribution in [0.3, 0.4) is 0 Å². The summed E-state index contributed by atoms with van der Waals surface area (Å²) in [5.41, 5.74) is 6.08. The summed E-state index contributed by atoms with van der Waals surface area (Å²) >= 11 is 0. The number of fused-ring (bicyclic) bond motifs is 1. The van der Waals surface area contributed by atoms with Crippen molar-refractivity contribution in [3.05, 3.63) is 17.0 Å². The van der Waals surface area contributed by atoms with Crippen molar-refractivity contribution in [2.24, 2.45) is 5.73 Å². The molecule has 0 saturated carbocycles. The lowest BCUT2D eigenvalue weighted by Crippen LogP contribution is -2.30. The van der Waals surface area contributed by atoms with E-state index in [1.54, 1.807) is 0 Å². The van der Waals surface area contributed by atoms with Gasteiger partial charge in [0.25, 0.3) is 0 Å². The second-order valence-corrected chi connectivity index (χ2v) is 6.18. The molecule has 2 heterocycles. The maximum atomic E-state index is 13.3. The molecule has 1 aliphatic heterocycles. The molecule has 7 heteroatoms. The average Bonchev–Trinajstić information content (AvgIpc) is 2.70. The minimum Gasteiger partial charge on any atom is -0.341 e. The second-order valence-electron chi connectivity index (χ2n) is 6.18. The summed E-state index contributed by atoms with van der Waals surface area (Å²) in [5, 5.41) is 0. The Labute approximate surface area is 127 Å². The zero-order valence-corrected chi connectivity index (χ0v) is 12.5. The van der Waals surface area contributed by atoms with E-state index < -0.39 is 11.9 Å². The average molecular weight is 314 g/mol. The van der Waals surface area contributed by atoms with E-state index in [2.05, 4.69) is 9.97 Å². The zero-order valence-electron chi connectivity index (χ0n) is 12.5. The molecule has 0 aromatic carbocycles. The molecule has 122 valence electrons. The Morgan fingerprint density at radius 3 is 2.55 bits per heavy atom. The minimum atomic E-state index is -4.42. The van der Waals surface area contributed by atoms with Crippen molar-refractivity contribution in [2.75, 3.05) is 18.0 Å². The topological polar surface area (TPSA) is 55.0 Å². The summed E-state index contributed by atoms with van der Waals surface area (Å²) in [7, 11) is 0. The highest BCUT2D eigenvalue weighted by Crippen LogP contribution is 2.35. The third-order valence-electron chi connectivity index (χ3n) is 4.50. The molecule has 0 amide bonds. The number of halogens is 3. The van der Waals surface area contributed by atoms with E-state index in [4.69, 9.17) is 5.73 Å². The molecular formula is C15H21F3N4. The molecule has 0 spiro atoms. The summed E-state index contributed by atoms with van der Waals surface area (Å²) in [5.74, 6) is 0.224. The molecule has 0 radical (unpaired) electrons. The summed E-state index contributed by atoms with van der Waals surface area (Å²) in [6, 6.07) is 0.115. The molecular weight excluding hydrogens is 293 g/mol. The highest BCUT2D eigenvalue weighted by Gasteiger charge is 2.38. The number of aryl methyl sites for hydroxylation is 1. The van der Waals surface area contributed by atoms with Gasteiger partial charge in [-0.3, -0.25) is 0 Å². The number of hydrogen-bond donors (Lipinski definition) is 1. The Morgan fingerprint density at radius 1 is 1.00 bits per heavy atom. The van der Waals surface area contributed by atoms with Crippen molar-refractivity contribution in [3.8, 4) is 0 Å². The van der Waals surface area contributed by atoms with Crippen molar-refractivity contribution in [1.82, 2.24) is 9.97 Å². The van der Waals surface area contributed by atoms with Gasteiger partial charge in [-0.2, -0.15) is 13.2 Å². The number of rotatable bonds is 1. The van der Waals surface area contributed by atoms with Crippen LogP contribution in [0.25, 0.3) is 0 Å². The molecule has 22 heavy (non-hydrogen) atoms. The van der Waals surface area contributed by atoms with Gasteiger partial charge in [0.1, 0.15) is 0 Å². The van der Waals surface area contributed by atoms with Gasteiger partial charge in [0.15, 0.2) is 5.69 Å².